The molecule has 0 aliphatic carbocycles. The predicted molar refractivity (Wildman–Crippen MR) is 142 cm³/mol. The van der Waals surface area contributed by atoms with Gasteiger partial charge in [-0.25, -0.2) is 0 Å². The molecule has 31 heavy (non-hydrogen) atoms. The molecule has 0 saturated carbocycles. The highest BCUT2D eigenvalue weighted by molar-refractivity contribution is 4.82. The molecule has 0 spiro atoms. The average molecular weight is 438 g/mol. The Labute approximate surface area is 196 Å². The maximum atomic E-state index is 6.10. The van der Waals surface area contributed by atoms with E-state index in [0.29, 0.717) is 12.6 Å². The van der Waals surface area contributed by atoms with Crippen LogP contribution in [0.4, 0.5) is 0 Å². The Kier molecular flexibility index (Phi) is 25.6. The summed E-state index contributed by atoms with van der Waals surface area (Å²) < 4.78 is 0. The fraction of sp³-hybridized carbons (Fsp3) is 0.929. The van der Waals surface area contributed by atoms with E-state index in [2.05, 4.69) is 31.3 Å². The lowest BCUT2D eigenvalue weighted by Crippen LogP contribution is -2.31. The fourth-order valence-corrected chi connectivity index (χ4v) is 4.31. The van der Waals surface area contributed by atoms with Crippen LogP contribution in [0.1, 0.15) is 142 Å². The van der Waals surface area contributed by atoms with E-state index in [1.807, 2.05) is 0 Å². The van der Waals surface area contributed by atoms with Gasteiger partial charge in [0.05, 0.1) is 0 Å². The third kappa shape index (κ3) is 24.1. The summed E-state index contributed by atoms with van der Waals surface area (Å²) in [5.74, 6) is 0. The highest BCUT2D eigenvalue weighted by Gasteiger charge is 2.08. The molecule has 0 rings (SSSR count). The molecule has 0 aliphatic heterocycles. The van der Waals surface area contributed by atoms with E-state index in [9.17, 15) is 0 Å². The summed E-state index contributed by atoms with van der Waals surface area (Å²) >= 11 is 0. The van der Waals surface area contributed by atoms with Crippen LogP contribution in [-0.4, -0.2) is 25.2 Å². The van der Waals surface area contributed by atoms with Gasteiger partial charge in [-0.15, -0.1) is 0 Å². The smallest absolute Gasteiger partial charge is 0.00671 e. The first kappa shape index (κ1) is 30.6. The first-order valence-corrected chi connectivity index (χ1v) is 14.1. The standard InChI is InChI=1S/C28H59N3/c1-3-5-7-9-11-12-13-14-15-17-19-23-28(22-18-16-10-8-6-4-2)31-26-20-21-27(30)24-25-29/h14-15,27-28,31H,3-13,16-26,29-30H2,1-2H3/b15-14-. The quantitative estimate of drug-likeness (QED) is 0.102. The van der Waals surface area contributed by atoms with Gasteiger partial charge in [-0.1, -0.05) is 96.6 Å². The molecule has 0 heterocycles. The van der Waals surface area contributed by atoms with Crippen molar-refractivity contribution in [3.63, 3.8) is 0 Å². The molecule has 0 aliphatic rings. The normalized spacial score (nSPS) is 13.8. The minimum absolute atomic E-state index is 0.278. The first-order valence-electron chi connectivity index (χ1n) is 14.1. The monoisotopic (exact) mass is 437 g/mol. The highest BCUT2D eigenvalue weighted by Crippen LogP contribution is 2.13. The van der Waals surface area contributed by atoms with Crippen LogP contribution in [0.3, 0.4) is 0 Å². The molecule has 3 heteroatoms. The average Bonchev–Trinajstić information content (AvgIpc) is 2.77. The number of allylic oxidation sites excluding steroid dienone is 2. The lowest BCUT2D eigenvalue weighted by molar-refractivity contribution is 0.410. The van der Waals surface area contributed by atoms with Gasteiger partial charge in [0.1, 0.15) is 0 Å². The van der Waals surface area contributed by atoms with Crippen molar-refractivity contribution in [1.82, 2.24) is 5.32 Å². The van der Waals surface area contributed by atoms with Crippen LogP contribution in [0.25, 0.3) is 0 Å². The summed E-state index contributed by atoms with van der Waals surface area (Å²) in [5, 5.41) is 3.84. The summed E-state index contributed by atoms with van der Waals surface area (Å²) in [7, 11) is 0. The van der Waals surface area contributed by atoms with Gasteiger partial charge in [-0.05, 0) is 70.9 Å². The lowest BCUT2D eigenvalue weighted by atomic mass is 10.0. The molecule has 2 unspecified atom stereocenters. The molecule has 0 aromatic carbocycles. The van der Waals surface area contributed by atoms with E-state index in [4.69, 9.17) is 11.5 Å². The zero-order valence-corrected chi connectivity index (χ0v) is 21.5. The van der Waals surface area contributed by atoms with Crippen LogP contribution in [0.15, 0.2) is 12.2 Å². The molecule has 0 aromatic heterocycles. The fourth-order valence-electron chi connectivity index (χ4n) is 4.31. The molecule has 186 valence electrons. The molecular formula is C28H59N3. The molecule has 2 atom stereocenters. The van der Waals surface area contributed by atoms with Crippen molar-refractivity contribution in [2.45, 2.75) is 154 Å². The maximum absolute atomic E-state index is 6.10. The minimum Gasteiger partial charge on any atom is -0.330 e. The van der Waals surface area contributed by atoms with Gasteiger partial charge in [0, 0.05) is 12.1 Å². The van der Waals surface area contributed by atoms with Crippen LogP contribution in [0.5, 0.6) is 0 Å². The molecule has 0 radical (unpaired) electrons. The van der Waals surface area contributed by atoms with Gasteiger partial charge in [0.15, 0.2) is 0 Å². The van der Waals surface area contributed by atoms with Crippen LogP contribution < -0.4 is 16.8 Å². The van der Waals surface area contributed by atoms with Crippen molar-refractivity contribution in [2.75, 3.05) is 13.1 Å². The largest absolute Gasteiger partial charge is 0.330 e. The van der Waals surface area contributed by atoms with E-state index < -0.39 is 0 Å². The Hall–Kier alpha value is -0.380. The Morgan fingerprint density at radius 3 is 1.81 bits per heavy atom. The van der Waals surface area contributed by atoms with Crippen LogP contribution >= 0.6 is 0 Å². The number of hydrogen-bond acceptors (Lipinski definition) is 3. The zero-order valence-electron chi connectivity index (χ0n) is 21.5. The molecule has 5 N–H and O–H groups in total. The van der Waals surface area contributed by atoms with Crippen molar-refractivity contribution < 1.29 is 0 Å². The number of nitrogens with two attached hydrogens (primary N) is 2. The van der Waals surface area contributed by atoms with Crippen molar-refractivity contribution in [2.24, 2.45) is 11.5 Å². The molecule has 0 saturated heterocycles. The molecule has 3 nitrogen and oxygen atoms in total. The van der Waals surface area contributed by atoms with E-state index in [1.54, 1.807) is 0 Å². The minimum atomic E-state index is 0.278. The number of nitrogens with one attached hydrogen (secondary N) is 1. The summed E-state index contributed by atoms with van der Waals surface area (Å²) in [5.41, 5.74) is 11.7. The maximum Gasteiger partial charge on any atom is 0.00671 e. The van der Waals surface area contributed by atoms with Crippen molar-refractivity contribution >= 4 is 0 Å². The van der Waals surface area contributed by atoms with E-state index >= 15 is 0 Å². The predicted octanol–water partition coefficient (Wildman–Crippen LogP) is 7.63. The van der Waals surface area contributed by atoms with Gasteiger partial charge in [0.2, 0.25) is 0 Å². The summed E-state index contributed by atoms with van der Waals surface area (Å²) in [6.45, 7) is 6.39. The second kappa shape index (κ2) is 25.9. The lowest BCUT2D eigenvalue weighted by Gasteiger charge is -2.19. The molecule has 0 aromatic rings. The van der Waals surface area contributed by atoms with Gasteiger partial charge >= 0.3 is 0 Å². The molecule has 0 bridgehead atoms. The highest BCUT2D eigenvalue weighted by atomic mass is 14.9. The van der Waals surface area contributed by atoms with Crippen molar-refractivity contribution in [1.29, 1.82) is 0 Å². The van der Waals surface area contributed by atoms with Gasteiger partial charge in [0.25, 0.3) is 0 Å². The Balaban J connectivity index is 3.93. The van der Waals surface area contributed by atoms with Gasteiger partial charge < -0.3 is 16.8 Å². The summed E-state index contributed by atoms with van der Waals surface area (Å²) in [6.07, 6.45) is 31.3. The second-order valence-corrected chi connectivity index (χ2v) is 9.65. The number of rotatable bonds is 25. The van der Waals surface area contributed by atoms with Gasteiger partial charge in [-0.2, -0.15) is 0 Å². The second-order valence-electron chi connectivity index (χ2n) is 9.65. The number of hydrogen-bond donors (Lipinski definition) is 3. The van der Waals surface area contributed by atoms with Crippen molar-refractivity contribution in [3.05, 3.63) is 12.2 Å². The first-order chi connectivity index (χ1) is 15.2. The molecule has 0 fully saturated rings. The zero-order chi connectivity index (χ0) is 22.8. The van der Waals surface area contributed by atoms with E-state index in [0.717, 1.165) is 19.4 Å². The van der Waals surface area contributed by atoms with E-state index in [-0.39, 0.29) is 6.04 Å². The Bertz CT molecular complexity index is 356. The third-order valence-electron chi connectivity index (χ3n) is 6.44. The third-order valence-corrected chi connectivity index (χ3v) is 6.44. The molecular weight excluding hydrogens is 378 g/mol. The van der Waals surface area contributed by atoms with E-state index in [1.165, 1.54) is 116 Å². The van der Waals surface area contributed by atoms with Crippen LogP contribution in [0.2, 0.25) is 0 Å². The van der Waals surface area contributed by atoms with Crippen molar-refractivity contribution in [3.8, 4) is 0 Å². The van der Waals surface area contributed by atoms with Crippen LogP contribution in [-0.2, 0) is 0 Å². The summed E-state index contributed by atoms with van der Waals surface area (Å²) in [4.78, 5) is 0. The molecule has 0 amide bonds. The van der Waals surface area contributed by atoms with Crippen LogP contribution in [0, 0.1) is 0 Å². The SMILES string of the molecule is CCCCCCCC/C=C\CCCC(CCCCCCCC)NCCCC(N)CCN. The summed E-state index contributed by atoms with van der Waals surface area (Å²) in [6, 6.07) is 0.962. The Morgan fingerprint density at radius 2 is 1.16 bits per heavy atom. The Morgan fingerprint density at radius 1 is 0.613 bits per heavy atom. The number of unbranched alkanes of at least 4 members (excludes halogenated alkanes) is 12. The topological polar surface area (TPSA) is 64.1 Å². The van der Waals surface area contributed by atoms with Gasteiger partial charge in [-0.3, -0.25) is 0 Å².